The molecule has 3 unspecified atom stereocenters. The fraction of sp³-hybridized carbons (Fsp3) is 0.393. The molecule has 1 aliphatic rings. The average molecular weight is 687 g/mol. The Balaban J connectivity index is 2.03. The van der Waals surface area contributed by atoms with E-state index in [1.807, 2.05) is 22.6 Å². The molecule has 0 spiro atoms. The van der Waals surface area contributed by atoms with Crippen molar-refractivity contribution in [3.05, 3.63) is 67.8 Å². The van der Waals surface area contributed by atoms with Crippen LogP contribution in [0.2, 0.25) is 5.02 Å². The zero-order valence-corrected chi connectivity index (χ0v) is 25.1. The largest absolute Gasteiger partial charge is 0.493 e. The van der Waals surface area contributed by atoms with E-state index in [4.69, 9.17) is 25.8 Å². The minimum absolute atomic E-state index is 0.0368. The van der Waals surface area contributed by atoms with Crippen LogP contribution in [-0.2, 0) is 20.9 Å². The molecule has 2 aromatic carbocycles. The quantitative estimate of drug-likeness (QED) is 0.217. The molecular formula is C28H32ClIN2O8. The van der Waals surface area contributed by atoms with Crippen LogP contribution in [0, 0.1) is 3.57 Å². The van der Waals surface area contributed by atoms with Crippen LogP contribution in [0.3, 0.4) is 0 Å². The third-order valence-electron chi connectivity index (χ3n) is 6.36. The minimum Gasteiger partial charge on any atom is -0.493 e. The van der Waals surface area contributed by atoms with E-state index >= 15 is 0 Å². The van der Waals surface area contributed by atoms with Gasteiger partial charge in [0.1, 0.15) is 18.5 Å². The van der Waals surface area contributed by atoms with Crippen LogP contribution in [0.5, 0.6) is 11.5 Å². The molecule has 0 saturated carbocycles. The highest BCUT2D eigenvalue weighted by Gasteiger charge is 2.41. The predicted molar refractivity (Wildman–Crippen MR) is 157 cm³/mol. The molecule has 10 nitrogen and oxygen atoms in total. The number of hydrogen-bond acceptors (Lipinski definition) is 8. The highest BCUT2D eigenvalue weighted by molar-refractivity contribution is 14.1. The van der Waals surface area contributed by atoms with Gasteiger partial charge in [-0.25, -0.2) is 0 Å². The van der Waals surface area contributed by atoms with Gasteiger partial charge < -0.3 is 34.6 Å². The second-order valence-corrected chi connectivity index (χ2v) is 10.7. The second-order valence-electron chi connectivity index (χ2n) is 9.06. The Morgan fingerprint density at radius 2 is 1.95 bits per heavy atom. The molecule has 2 amide bonds. The molecule has 3 N–H and O–H groups in total. The summed E-state index contributed by atoms with van der Waals surface area (Å²) in [5, 5.41) is 24.0. The number of nitrogens with one attached hydrogen (secondary N) is 1. The number of carbonyl (C=O) groups is 3. The van der Waals surface area contributed by atoms with E-state index in [0.717, 1.165) is 5.56 Å². The summed E-state index contributed by atoms with van der Waals surface area (Å²) < 4.78 is 17.3. The Kier molecular flexibility index (Phi) is 12.2. The third kappa shape index (κ3) is 8.16. The maximum Gasteiger partial charge on any atom is 0.247 e. The Morgan fingerprint density at radius 1 is 1.23 bits per heavy atom. The van der Waals surface area contributed by atoms with Crippen LogP contribution in [0.25, 0.3) is 0 Å². The van der Waals surface area contributed by atoms with Crippen LogP contribution in [-0.4, -0.2) is 85.4 Å². The van der Waals surface area contributed by atoms with E-state index in [1.165, 1.54) is 31.3 Å². The van der Waals surface area contributed by atoms with Gasteiger partial charge in [0.15, 0.2) is 11.5 Å². The minimum atomic E-state index is -1.24. The van der Waals surface area contributed by atoms with Crippen molar-refractivity contribution in [1.82, 2.24) is 10.2 Å². The summed E-state index contributed by atoms with van der Waals surface area (Å²) >= 11 is 8.04. The lowest BCUT2D eigenvalue weighted by molar-refractivity contribution is -0.140. The first-order valence-electron chi connectivity index (χ1n) is 12.5. The number of benzene rings is 2. The molecule has 3 atom stereocenters. The van der Waals surface area contributed by atoms with Crippen LogP contribution in [0.15, 0.2) is 48.0 Å². The van der Waals surface area contributed by atoms with Crippen molar-refractivity contribution in [2.45, 2.75) is 37.6 Å². The maximum atomic E-state index is 13.4. The number of aliphatic hydroxyl groups excluding tert-OH is 2. The molecule has 40 heavy (non-hydrogen) atoms. The van der Waals surface area contributed by atoms with Gasteiger partial charge in [-0.3, -0.25) is 14.4 Å². The first-order valence-corrected chi connectivity index (χ1v) is 14.0. The van der Waals surface area contributed by atoms with Gasteiger partial charge >= 0.3 is 0 Å². The molecular weight excluding hydrogens is 655 g/mol. The van der Waals surface area contributed by atoms with Gasteiger partial charge in [0.05, 0.1) is 36.4 Å². The van der Waals surface area contributed by atoms with Gasteiger partial charge in [-0.15, -0.1) is 0 Å². The van der Waals surface area contributed by atoms with Gasteiger partial charge in [0.2, 0.25) is 11.8 Å². The average Bonchev–Trinajstić information content (AvgIpc) is 2.96. The number of nitrogens with zero attached hydrogens (tertiary/aromatic N) is 1. The van der Waals surface area contributed by atoms with Gasteiger partial charge in [0.25, 0.3) is 0 Å². The highest BCUT2D eigenvalue weighted by atomic mass is 127. The summed E-state index contributed by atoms with van der Waals surface area (Å²) in [6, 6.07) is 9.27. The Morgan fingerprint density at radius 3 is 2.58 bits per heavy atom. The number of methoxy groups -OCH3 is 2. The van der Waals surface area contributed by atoms with Crippen molar-refractivity contribution < 1.29 is 38.8 Å². The number of aldehydes is 1. The number of aliphatic hydroxyl groups is 2. The SMILES string of the molecule is COCCC(=O)N(Cc1ccc(Cl)cc1)C1CC(C(=O)NCCO)=CC(Oc2c(I)cc(C=O)cc2OC)C1O. The van der Waals surface area contributed by atoms with E-state index < -0.39 is 24.2 Å². The normalized spacial score (nSPS) is 18.4. The van der Waals surface area contributed by atoms with E-state index in [1.54, 1.807) is 30.3 Å². The molecule has 12 heteroatoms. The van der Waals surface area contributed by atoms with Crippen molar-refractivity contribution in [2.75, 3.05) is 34.0 Å². The number of rotatable bonds is 13. The molecule has 0 saturated heterocycles. The van der Waals surface area contributed by atoms with E-state index in [-0.39, 0.29) is 62.1 Å². The first kappa shape index (κ1) is 31.8. The van der Waals surface area contributed by atoms with Gasteiger partial charge in [-0.05, 0) is 58.5 Å². The van der Waals surface area contributed by atoms with Crippen molar-refractivity contribution in [3.63, 3.8) is 0 Å². The summed E-state index contributed by atoms with van der Waals surface area (Å²) in [6.45, 7) is 0.113. The summed E-state index contributed by atoms with van der Waals surface area (Å²) in [5.41, 5.74) is 1.45. The van der Waals surface area contributed by atoms with Crippen molar-refractivity contribution >= 4 is 52.3 Å². The molecule has 0 bridgehead atoms. The monoisotopic (exact) mass is 686 g/mol. The molecule has 1 aliphatic carbocycles. The van der Waals surface area contributed by atoms with Crippen LogP contribution >= 0.6 is 34.2 Å². The number of halogens is 2. The van der Waals surface area contributed by atoms with Crippen LogP contribution in [0.4, 0.5) is 0 Å². The summed E-state index contributed by atoms with van der Waals surface area (Å²) in [5.74, 6) is -0.177. The molecule has 0 heterocycles. The lowest BCUT2D eigenvalue weighted by atomic mass is 9.87. The van der Waals surface area contributed by atoms with Crippen molar-refractivity contribution in [3.8, 4) is 11.5 Å². The van der Waals surface area contributed by atoms with E-state index in [0.29, 0.717) is 20.4 Å². The van der Waals surface area contributed by atoms with Crippen LogP contribution in [0.1, 0.15) is 28.8 Å². The third-order valence-corrected chi connectivity index (χ3v) is 7.42. The summed E-state index contributed by atoms with van der Waals surface area (Å²) in [4.78, 5) is 39.3. The topological polar surface area (TPSA) is 135 Å². The lowest BCUT2D eigenvalue weighted by Gasteiger charge is -2.40. The highest BCUT2D eigenvalue weighted by Crippen LogP contribution is 2.37. The summed E-state index contributed by atoms with van der Waals surface area (Å²) in [6.07, 6.45) is 0.0116. The summed E-state index contributed by atoms with van der Waals surface area (Å²) in [7, 11) is 2.92. The molecule has 216 valence electrons. The van der Waals surface area contributed by atoms with E-state index in [9.17, 15) is 24.6 Å². The fourth-order valence-electron chi connectivity index (χ4n) is 4.35. The van der Waals surface area contributed by atoms with E-state index in [2.05, 4.69) is 5.32 Å². The Labute approximate surface area is 251 Å². The molecule has 2 aromatic rings. The standard InChI is InChI=1S/C28H32ClIN2O8/c1-38-10-7-25(35)32(15-17-3-5-20(29)6-4-17)22-13-19(28(37)31-8-9-33)14-23(26(22)36)40-27-21(30)11-18(16-34)12-24(27)39-2/h3-6,11-12,14,16,22-23,26,33,36H,7-10,13,15H2,1-2H3,(H,31,37). The number of ether oxygens (including phenoxy) is 3. The zero-order chi connectivity index (χ0) is 29.2. The first-order chi connectivity index (χ1) is 19.2. The molecule has 0 aromatic heterocycles. The molecule has 0 radical (unpaired) electrons. The molecule has 0 fully saturated rings. The van der Waals surface area contributed by atoms with Crippen LogP contribution < -0.4 is 14.8 Å². The second kappa shape index (κ2) is 15.3. The Bertz CT molecular complexity index is 1220. The van der Waals surface area contributed by atoms with Crippen molar-refractivity contribution in [1.29, 1.82) is 0 Å². The Hall–Kier alpha value is -2.71. The van der Waals surface area contributed by atoms with Crippen molar-refractivity contribution in [2.24, 2.45) is 0 Å². The smallest absolute Gasteiger partial charge is 0.247 e. The number of hydrogen-bond donors (Lipinski definition) is 3. The number of carbonyl (C=O) groups excluding carboxylic acids is 3. The molecule has 0 aliphatic heterocycles. The predicted octanol–water partition coefficient (Wildman–Crippen LogP) is 2.75. The zero-order valence-electron chi connectivity index (χ0n) is 22.1. The lowest BCUT2D eigenvalue weighted by Crippen LogP contribution is -2.55. The van der Waals surface area contributed by atoms with Gasteiger partial charge in [-0.1, -0.05) is 23.7 Å². The van der Waals surface area contributed by atoms with Gasteiger partial charge in [0, 0.05) is 42.8 Å². The van der Waals surface area contributed by atoms with Gasteiger partial charge in [-0.2, -0.15) is 0 Å². The molecule has 3 rings (SSSR count). The fourth-order valence-corrected chi connectivity index (χ4v) is 5.23. The number of amides is 2. The maximum absolute atomic E-state index is 13.4.